The summed E-state index contributed by atoms with van der Waals surface area (Å²) >= 11 is 8.83. The fourth-order valence-corrected chi connectivity index (χ4v) is 4.39. The van der Waals surface area contributed by atoms with Gasteiger partial charge in [0.05, 0.1) is 5.75 Å². The molecule has 1 fully saturated rings. The molecule has 2 aromatic rings. The predicted molar refractivity (Wildman–Crippen MR) is 96.5 cm³/mol. The number of benzene rings is 1. The van der Waals surface area contributed by atoms with E-state index in [9.17, 15) is 4.79 Å². The number of nitrogens with zero attached hydrogens (tertiary/aromatic N) is 2. The number of thioether (sulfide) groups is 1. The van der Waals surface area contributed by atoms with Crippen LogP contribution in [-0.4, -0.2) is 21.9 Å². The average molecular weight is 368 g/mol. The van der Waals surface area contributed by atoms with Crippen molar-refractivity contribution in [1.82, 2.24) is 10.2 Å². The molecule has 7 heteroatoms. The molecule has 0 saturated heterocycles. The summed E-state index contributed by atoms with van der Waals surface area (Å²) in [5.41, 5.74) is 0. The fourth-order valence-electron chi connectivity index (χ4n) is 2.63. The van der Waals surface area contributed by atoms with Gasteiger partial charge in [0.25, 0.3) is 0 Å². The maximum Gasteiger partial charge on any atom is 0.236 e. The summed E-state index contributed by atoms with van der Waals surface area (Å²) in [6, 6.07) is 7.46. The SMILES string of the molecule is O=C(CSc1ccc(Cl)cc1)Nc1nnc(C2CCCCC2)s1. The number of hydrogen-bond donors (Lipinski definition) is 1. The number of carbonyl (C=O) groups excluding carboxylic acids is 1. The van der Waals surface area contributed by atoms with Gasteiger partial charge in [-0.05, 0) is 37.1 Å². The number of rotatable bonds is 5. The molecule has 0 spiro atoms. The number of nitrogens with one attached hydrogen (secondary N) is 1. The second kappa shape index (κ2) is 8.13. The van der Waals surface area contributed by atoms with E-state index in [2.05, 4.69) is 15.5 Å². The Hall–Kier alpha value is -1.11. The summed E-state index contributed by atoms with van der Waals surface area (Å²) in [5, 5.41) is 13.6. The number of aromatic nitrogens is 2. The van der Waals surface area contributed by atoms with Gasteiger partial charge in [-0.15, -0.1) is 22.0 Å². The Morgan fingerprint density at radius 1 is 1.22 bits per heavy atom. The zero-order chi connectivity index (χ0) is 16.1. The van der Waals surface area contributed by atoms with Crippen molar-refractivity contribution in [1.29, 1.82) is 0 Å². The third-order valence-corrected chi connectivity index (χ3v) is 6.09. The van der Waals surface area contributed by atoms with Crippen molar-refractivity contribution in [3.8, 4) is 0 Å². The molecule has 0 aliphatic heterocycles. The Labute approximate surface area is 149 Å². The second-order valence-electron chi connectivity index (χ2n) is 5.57. The van der Waals surface area contributed by atoms with E-state index < -0.39 is 0 Å². The lowest BCUT2D eigenvalue weighted by Crippen LogP contribution is -2.13. The highest BCUT2D eigenvalue weighted by molar-refractivity contribution is 8.00. The third-order valence-electron chi connectivity index (χ3n) is 3.82. The minimum Gasteiger partial charge on any atom is -0.300 e. The van der Waals surface area contributed by atoms with E-state index in [0.717, 1.165) is 9.90 Å². The first-order chi connectivity index (χ1) is 11.2. The fraction of sp³-hybridized carbons (Fsp3) is 0.438. The highest BCUT2D eigenvalue weighted by Gasteiger charge is 2.20. The Balaban J connectivity index is 1.49. The Morgan fingerprint density at radius 3 is 2.70 bits per heavy atom. The van der Waals surface area contributed by atoms with Crippen LogP contribution in [0.3, 0.4) is 0 Å². The van der Waals surface area contributed by atoms with Crippen molar-refractivity contribution in [2.75, 3.05) is 11.1 Å². The predicted octanol–water partition coefficient (Wildman–Crippen LogP) is 4.97. The van der Waals surface area contributed by atoms with Crippen LogP contribution in [0.2, 0.25) is 5.02 Å². The van der Waals surface area contributed by atoms with E-state index in [1.165, 1.54) is 55.2 Å². The van der Waals surface area contributed by atoms with Gasteiger partial charge in [0.15, 0.2) is 0 Å². The van der Waals surface area contributed by atoms with Crippen LogP contribution in [0, 0.1) is 0 Å². The van der Waals surface area contributed by atoms with Crippen molar-refractivity contribution in [3.63, 3.8) is 0 Å². The summed E-state index contributed by atoms with van der Waals surface area (Å²) in [6.07, 6.45) is 6.23. The number of hydrogen-bond acceptors (Lipinski definition) is 5. The zero-order valence-electron chi connectivity index (χ0n) is 12.6. The standard InChI is InChI=1S/C16H18ClN3OS2/c17-12-6-8-13(9-7-12)22-10-14(21)18-16-20-19-15(23-16)11-4-2-1-3-5-11/h6-9,11H,1-5,10H2,(H,18,20,21). The molecule has 1 N–H and O–H groups in total. The molecule has 1 saturated carbocycles. The first-order valence-corrected chi connectivity index (χ1v) is 9.90. The number of halogens is 1. The van der Waals surface area contributed by atoms with E-state index in [-0.39, 0.29) is 5.91 Å². The number of amides is 1. The van der Waals surface area contributed by atoms with E-state index in [0.29, 0.717) is 21.8 Å². The lowest BCUT2D eigenvalue weighted by molar-refractivity contribution is -0.113. The summed E-state index contributed by atoms with van der Waals surface area (Å²) in [4.78, 5) is 13.0. The van der Waals surface area contributed by atoms with Gasteiger partial charge in [-0.3, -0.25) is 10.1 Å². The summed E-state index contributed by atoms with van der Waals surface area (Å²) < 4.78 is 0. The molecular formula is C16H18ClN3OS2. The van der Waals surface area contributed by atoms with Gasteiger partial charge in [-0.25, -0.2) is 0 Å². The monoisotopic (exact) mass is 367 g/mol. The molecule has 122 valence electrons. The Morgan fingerprint density at radius 2 is 1.96 bits per heavy atom. The first kappa shape index (κ1) is 16.7. The zero-order valence-corrected chi connectivity index (χ0v) is 15.0. The van der Waals surface area contributed by atoms with Gasteiger partial charge in [-0.2, -0.15) is 0 Å². The van der Waals surface area contributed by atoms with Crippen LogP contribution >= 0.6 is 34.7 Å². The molecule has 1 aliphatic rings. The second-order valence-corrected chi connectivity index (χ2v) is 8.07. The van der Waals surface area contributed by atoms with Crippen molar-refractivity contribution in [3.05, 3.63) is 34.3 Å². The van der Waals surface area contributed by atoms with Gasteiger partial charge >= 0.3 is 0 Å². The lowest BCUT2D eigenvalue weighted by atomic mass is 9.90. The molecule has 3 rings (SSSR count). The van der Waals surface area contributed by atoms with Crippen LogP contribution in [-0.2, 0) is 4.79 Å². The summed E-state index contributed by atoms with van der Waals surface area (Å²) in [6.45, 7) is 0. The average Bonchev–Trinajstić information content (AvgIpc) is 3.04. The van der Waals surface area contributed by atoms with Crippen molar-refractivity contribution >= 4 is 45.7 Å². The van der Waals surface area contributed by atoms with Gasteiger partial charge < -0.3 is 0 Å². The van der Waals surface area contributed by atoms with Crippen LogP contribution in [0.25, 0.3) is 0 Å². The van der Waals surface area contributed by atoms with Crippen molar-refractivity contribution in [2.24, 2.45) is 0 Å². The maximum absolute atomic E-state index is 12.0. The lowest BCUT2D eigenvalue weighted by Gasteiger charge is -2.18. The van der Waals surface area contributed by atoms with E-state index in [1.807, 2.05) is 24.3 Å². The Bertz CT molecular complexity index is 654. The molecule has 1 aliphatic carbocycles. The smallest absolute Gasteiger partial charge is 0.236 e. The van der Waals surface area contributed by atoms with Gasteiger partial charge in [0, 0.05) is 15.8 Å². The number of anilines is 1. The van der Waals surface area contributed by atoms with E-state index >= 15 is 0 Å². The maximum atomic E-state index is 12.0. The summed E-state index contributed by atoms with van der Waals surface area (Å²) in [5.74, 6) is 0.812. The van der Waals surface area contributed by atoms with E-state index in [1.54, 1.807) is 0 Å². The molecule has 1 amide bonds. The molecule has 23 heavy (non-hydrogen) atoms. The molecule has 1 aromatic heterocycles. The molecule has 1 aromatic carbocycles. The molecule has 0 radical (unpaired) electrons. The largest absolute Gasteiger partial charge is 0.300 e. The molecule has 0 atom stereocenters. The third kappa shape index (κ3) is 4.93. The summed E-state index contributed by atoms with van der Waals surface area (Å²) in [7, 11) is 0. The highest BCUT2D eigenvalue weighted by atomic mass is 35.5. The minimum absolute atomic E-state index is 0.0590. The van der Waals surface area contributed by atoms with Crippen LogP contribution in [0.4, 0.5) is 5.13 Å². The first-order valence-electron chi connectivity index (χ1n) is 7.72. The van der Waals surface area contributed by atoms with Gasteiger partial charge in [0.2, 0.25) is 11.0 Å². The molecule has 0 bridgehead atoms. The number of carbonyl (C=O) groups is 1. The molecule has 4 nitrogen and oxygen atoms in total. The van der Waals surface area contributed by atoms with E-state index in [4.69, 9.17) is 11.6 Å². The minimum atomic E-state index is -0.0590. The van der Waals surface area contributed by atoms with Crippen LogP contribution in [0.1, 0.15) is 43.0 Å². The molecular weight excluding hydrogens is 350 g/mol. The van der Waals surface area contributed by atoms with Crippen LogP contribution < -0.4 is 5.32 Å². The normalized spacial score (nSPS) is 15.5. The van der Waals surface area contributed by atoms with Crippen LogP contribution in [0.15, 0.2) is 29.2 Å². The van der Waals surface area contributed by atoms with Crippen molar-refractivity contribution in [2.45, 2.75) is 42.9 Å². The molecule has 0 unspecified atom stereocenters. The quantitative estimate of drug-likeness (QED) is 0.758. The van der Waals surface area contributed by atoms with Gasteiger partial charge in [0.1, 0.15) is 5.01 Å². The molecule has 1 heterocycles. The van der Waals surface area contributed by atoms with Gasteiger partial charge in [-0.1, -0.05) is 42.2 Å². The highest BCUT2D eigenvalue weighted by Crippen LogP contribution is 2.35. The topological polar surface area (TPSA) is 54.9 Å². The Kier molecular flexibility index (Phi) is 5.91. The van der Waals surface area contributed by atoms with Crippen LogP contribution in [0.5, 0.6) is 0 Å². The van der Waals surface area contributed by atoms with Crippen molar-refractivity contribution < 1.29 is 4.79 Å².